The first-order valence-corrected chi connectivity index (χ1v) is 14.6. The Hall–Kier alpha value is -5.12. The van der Waals surface area contributed by atoms with Gasteiger partial charge in [-0.3, -0.25) is 0 Å². The predicted molar refractivity (Wildman–Crippen MR) is 174 cm³/mol. The largest absolute Gasteiger partial charge is 0.228 e. The molecule has 0 aliphatic carbocycles. The lowest BCUT2D eigenvalue weighted by Crippen LogP contribution is -1.96. The zero-order valence-electron chi connectivity index (χ0n) is 22.2. The maximum Gasteiger partial charge on any atom is 0.160 e. The van der Waals surface area contributed by atoms with Crippen molar-refractivity contribution in [2.24, 2.45) is 0 Å². The van der Waals surface area contributed by atoms with Gasteiger partial charge in [-0.25, -0.2) is 9.97 Å². The Morgan fingerprint density at radius 1 is 0.415 bits per heavy atom. The topological polar surface area (TPSA) is 25.8 Å². The maximum absolute atomic E-state index is 5.20. The van der Waals surface area contributed by atoms with E-state index in [0.29, 0.717) is 0 Å². The number of hydrogen-bond donors (Lipinski definition) is 0. The molecule has 3 heteroatoms. The van der Waals surface area contributed by atoms with Crippen molar-refractivity contribution in [2.75, 3.05) is 0 Å². The fraction of sp³-hybridized carbons (Fsp3) is 0. The summed E-state index contributed by atoms with van der Waals surface area (Å²) in [4.78, 5) is 10.3. The van der Waals surface area contributed by atoms with Crippen molar-refractivity contribution in [3.63, 3.8) is 0 Å². The Morgan fingerprint density at radius 2 is 1.07 bits per heavy atom. The average molecular weight is 541 g/mol. The fourth-order valence-corrected chi connectivity index (χ4v) is 6.83. The van der Waals surface area contributed by atoms with E-state index >= 15 is 0 Å². The van der Waals surface area contributed by atoms with Gasteiger partial charge in [-0.2, -0.15) is 0 Å². The summed E-state index contributed by atoms with van der Waals surface area (Å²) >= 11 is 1.84. The van der Waals surface area contributed by atoms with Gasteiger partial charge in [0.15, 0.2) is 5.82 Å². The van der Waals surface area contributed by atoms with Gasteiger partial charge < -0.3 is 0 Å². The molecule has 192 valence electrons. The Morgan fingerprint density at radius 3 is 1.88 bits per heavy atom. The Labute approximate surface area is 242 Å². The van der Waals surface area contributed by atoms with Gasteiger partial charge >= 0.3 is 0 Å². The zero-order chi connectivity index (χ0) is 27.2. The first kappa shape index (κ1) is 23.7. The van der Waals surface area contributed by atoms with E-state index in [-0.39, 0.29) is 0 Å². The number of benzene rings is 6. The fourth-order valence-electron chi connectivity index (χ4n) is 5.66. The van der Waals surface area contributed by atoms with Gasteiger partial charge in [-0.15, -0.1) is 11.3 Å². The smallest absolute Gasteiger partial charge is 0.160 e. The van der Waals surface area contributed by atoms with Gasteiger partial charge in [0.2, 0.25) is 0 Å². The number of rotatable bonds is 4. The van der Waals surface area contributed by atoms with Gasteiger partial charge in [-0.05, 0) is 52.2 Å². The van der Waals surface area contributed by atoms with Crippen molar-refractivity contribution in [3.05, 3.63) is 146 Å². The summed E-state index contributed by atoms with van der Waals surface area (Å²) in [5.74, 6) is 0.727. The Balaban J connectivity index is 1.39. The molecule has 0 bridgehead atoms. The Bertz CT molecular complexity index is 2200. The summed E-state index contributed by atoms with van der Waals surface area (Å²) < 4.78 is 2.55. The van der Waals surface area contributed by atoms with Crippen molar-refractivity contribution in [3.8, 4) is 45.0 Å². The number of fused-ring (bicyclic) bond motifs is 4. The summed E-state index contributed by atoms with van der Waals surface area (Å²) in [5.41, 5.74) is 7.43. The molecule has 2 aromatic heterocycles. The molecule has 41 heavy (non-hydrogen) atoms. The van der Waals surface area contributed by atoms with Crippen LogP contribution in [0.15, 0.2) is 146 Å². The lowest BCUT2D eigenvalue weighted by molar-refractivity contribution is 1.18. The second-order valence-corrected chi connectivity index (χ2v) is 11.3. The highest BCUT2D eigenvalue weighted by atomic mass is 32.1. The second-order valence-electron chi connectivity index (χ2n) is 10.3. The van der Waals surface area contributed by atoms with Crippen LogP contribution in [-0.2, 0) is 0 Å². The molecule has 2 heterocycles. The van der Waals surface area contributed by atoms with Crippen molar-refractivity contribution in [1.29, 1.82) is 0 Å². The second kappa shape index (κ2) is 9.81. The van der Waals surface area contributed by atoms with Crippen molar-refractivity contribution >= 4 is 42.3 Å². The van der Waals surface area contributed by atoms with Gasteiger partial charge in [0.25, 0.3) is 0 Å². The van der Waals surface area contributed by atoms with Crippen molar-refractivity contribution in [2.45, 2.75) is 0 Å². The summed E-state index contributed by atoms with van der Waals surface area (Å²) in [6.45, 7) is 0. The van der Waals surface area contributed by atoms with E-state index in [1.165, 1.54) is 42.1 Å². The third kappa shape index (κ3) is 4.28. The van der Waals surface area contributed by atoms with E-state index in [1.54, 1.807) is 0 Å². The van der Waals surface area contributed by atoms with Gasteiger partial charge in [0, 0.05) is 36.9 Å². The molecule has 0 spiro atoms. The van der Waals surface area contributed by atoms with E-state index < -0.39 is 0 Å². The molecule has 8 aromatic rings. The minimum Gasteiger partial charge on any atom is -0.228 e. The summed E-state index contributed by atoms with van der Waals surface area (Å²) in [6, 6.07) is 51.4. The quantitative estimate of drug-likeness (QED) is 0.222. The van der Waals surface area contributed by atoms with E-state index in [9.17, 15) is 0 Å². The molecular weight excluding hydrogens is 516 g/mol. The third-order valence-electron chi connectivity index (χ3n) is 7.66. The molecule has 0 aliphatic rings. The SMILES string of the molecule is c1ccc(-c2cc(-c3cc(-c4ccccc4)c4c(c3)sc3ccccc34)nc(-c3ccc4ccccc4c3)n2)cc1. The van der Waals surface area contributed by atoms with E-state index in [4.69, 9.17) is 9.97 Å². The monoisotopic (exact) mass is 540 g/mol. The molecule has 0 saturated heterocycles. The first-order chi connectivity index (χ1) is 20.3. The maximum atomic E-state index is 5.20. The minimum absolute atomic E-state index is 0.727. The number of aromatic nitrogens is 2. The van der Waals surface area contributed by atoms with Crippen LogP contribution in [0.1, 0.15) is 0 Å². The summed E-state index contributed by atoms with van der Waals surface area (Å²) in [6.07, 6.45) is 0. The van der Waals surface area contributed by atoms with E-state index in [0.717, 1.165) is 33.9 Å². The lowest BCUT2D eigenvalue weighted by Gasteiger charge is -2.12. The average Bonchev–Trinajstić information content (AvgIpc) is 3.43. The van der Waals surface area contributed by atoms with Crippen LogP contribution in [-0.4, -0.2) is 9.97 Å². The van der Waals surface area contributed by atoms with Crippen LogP contribution in [0.25, 0.3) is 76.0 Å². The zero-order valence-corrected chi connectivity index (χ0v) is 23.0. The molecule has 6 aromatic carbocycles. The van der Waals surface area contributed by atoms with Gasteiger partial charge in [0.1, 0.15) is 0 Å². The van der Waals surface area contributed by atoms with E-state index in [1.807, 2.05) is 17.4 Å². The van der Waals surface area contributed by atoms with Crippen LogP contribution in [0.2, 0.25) is 0 Å². The minimum atomic E-state index is 0.727. The standard InChI is InChI=1S/C38H24N2S/c1-3-12-26(13-4-1)32-22-30(23-36-37(32)31-17-9-10-18-35(31)41-36)34-24-33(27-14-5-2-6-15-27)39-38(40-34)29-20-19-25-11-7-8-16-28(25)21-29/h1-24H. The number of hydrogen-bond acceptors (Lipinski definition) is 3. The number of nitrogens with zero attached hydrogens (tertiary/aromatic N) is 2. The summed E-state index contributed by atoms with van der Waals surface area (Å²) in [5, 5.41) is 4.98. The van der Waals surface area contributed by atoms with Crippen LogP contribution in [0, 0.1) is 0 Å². The molecule has 2 nitrogen and oxygen atoms in total. The van der Waals surface area contributed by atoms with Gasteiger partial charge in [0.05, 0.1) is 11.4 Å². The van der Waals surface area contributed by atoms with E-state index in [2.05, 4.69) is 140 Å². The molecule has 0 saturated carbocycles. The molecule has 0 fully saturated rings. The molecular formula is C38H24N2S. The summed E-state index contributed by atoms with van der Waals surface area (Å²) in [7, 11) is 0. The molecule has 0 radical (unpaired) electrons. The molecule has 0 aliphatic heterocycles. The molecule has 0 amide bonds. The molecule has 0 N–H and O–H groups in total. The predicted octanol–water partition coefficient (Wildman–Crippen LogP) is 10.7. The third-order valence-corrected chi connectivity index (χ3v) is 8.78. The molecule has 8 rings (SSSR count). The molecule has 0 unspecified atom stereocenters. The molecule has 0 atom stereocenters. The van der Waals surface area contributed by atoms with Crippen LogP contribution in [0.5, 0.6) is 0 Å². The van der Waals surface area contributed by atoms with Crippen LogP contribution >= 0.6 is 11.3 Å². The van der Waals surface area contributed by atoms with Crippen LogP contribution in [0.4, 0.5) is 0 Å². The van der Waals surface area contributed by atoms with Crippen LogP contribution in [0.3, 0.4) is 0 Å². The van der Waals surface area contributed by atoms with Crippen molar-refractivity contribution < 1.29 is 0 Å². The first-order valence-electron chi connectivity index (χ1n) is 13.7. The highest BCUT2D eigenvalue weighted by Crippen LogP contribution is 2.43. The van der Waals surface area contributed by atoms with Gasteiger partial charge in [-0.1, -0.05) is 115 Å². The normalized spacial score (nSPS) is 11.4. The Kier molecular flexibility index (Phi) is 5.68. The van der Waals surface area contributed by atoms with Crippen LogP contribution < -0.4 is 0 Å². The number of thiophene rings is 1. The highest BCUT2D eigenvalue weighted by molar-refractivity contribution is 7.26. The lowest BCUT2D eigenvalue weighted by atomic mass is 9.95. The van der Waals surface area contributed by atoms with Crippen molar-refractivity contribution in [1.82, 2.24) is 9.97 Å². The highest BCUT2D eigenvalue weighted by Gasteiger charge is 2.16.